The summed E-state index contributed by atoms with van der Waals surface area (Å²) in [5, 5.41) is 6.40. The van der Waals surface area contributed by atoms with Gasteiger partial charge in [0, 0.05) is 29.4 Å². The highest BCUT2D eigenvalue weighted by atomic mass is 35.5. The van der Waals surface area contributed by atoms with Gasteiger partial charge >= 0.3 is 6.03 Å². The van der Waals surface area contributed by atoms with E-state index in [2.05, 4.69) is 43.5 Å². The van der Waals surface area contributed by atoms with Gasteiger partial charge in [0.15, 0.2) is 0 Å². The van der Waals surface area contributed by atoms with Crippen LogP contribution in [-0.4, -0.2) is 16.8 Å². The fourth-order valence-electron chi connectivity index (χ4n) is 4.47. The van der Waals surface area contributed by atoms with Crippen LogP contribution in [0, 0.1) is 12.8 Å². The molecule has 38 heavy (non-hydrogen) atoms. The molecule has 3 rings (SSSR count). The third-order valence-electron chi connectivity index (χ3n) is 7.08. The molecule has 2 atom stereocenters. The quantitative estimate of drug-likeness (QED) is 0.228. The van der Waals surface area contributed by atoms with Crippen LogP contribution in [-0.2, 0) is 11.3 Å². The maximum absolute atomic E-state index is 13.4. The predicted octanol–water partition coefficient (Wildman–Crippen LogP) is 8.99. The molecule has 0 bridgehead atoms. The second kappa shape index (κ2) is 14.6. The van der Waals surface area contributed by atoms with E-state index in [1.165, 1.54) is 6.42 Å². The summed E-state index contributed by atoms with van der Waals surface area (Å²) in [5.74, 6) is 0.848. The van der Waals surface area contributed by atoms with Gasteiger partial charge in [0.2, 0.25) is 5.91 Å². The van der Waals surface area contributed by atoms with Crippen molar-refractivity contribution in [3.8, 4) is 0 Å². The highest BCUT2D eigenvalue weighted by molar-refractivity contribution is 6.30. The molecular weight excluding hydrogens is 494 g/mol. The normalized spacial score (nSPS) is 12.4. The molecule has 5 nitrogen and oxygen atoms in total. The topological polar surface area (TPSA) is 61.4 Å². The van der Waals surface area contributed by atoms with Crippen LogP contribution in [0.3, 0.4) is 0 Å². The Bertz CT molecular complexity index is 1200. The van der Waals surface area contributed by atoms with Crippen LogP contribution in [0.25, 0.3) is 0 Å². The van der Waals surface area contributed by atoms with E-state index in [1.54, 1.807) is 12.1 Å². The van der Waals surface area contributed by atoms with E-state index < -0.39 is 0 Å². The van der Waals surface area contributed by atoms with Gasteiger partial charge in [-0.05, 0) is 73.2 Å². The van der Waals surface area contributed by atoms with Crippen LogP contribution in [0.5, 0.6) is 0 Å². The number of carbonyl (C=O) groups excluding carboxylic acids is 2. The van der Waals surface area contributed by atoms with Crippen LogP contribution >= 0.6 is 11.6 Å². The summed E-state index contributed by atoms with van der Waals surface area (Å²) in [7, 11) is 0. The summed E-state index contributed by atoms with van der Waals surface area (Å²) in [6, 6.07) is 22.7. The Morgan fingerprint density at radius 1 is 0.921 bits per heavy atom. The summed E-state index contributed by atoms with van der Waals surface area (Å²) >= 11 is 6.02. The number of carbonyl (C=O) groups is 2. The first kappa shape index (κ1) is 29.2. The number of halogens is 1. The molecule has 0 aliphatic heterocycles. The van der Waals surface area contributed by atoms with Crippen molar-refractivity contribution in [2.24, 2.45) is 5.92 Å². The van der Waals surface area contributed by atoms with Gasteiger partial charge in [-0.3, -0.25) is 4.79 Å². The lowest BCUT2D eigenvalue weighted by Gasteiger charge is -2.30. The lowest BCUT2D eigenvalue weighted by atomic mass is 10.00. The summed E-state index contributed by atoms with van der Waals surface area (Å²) in [6.45, 7) is 8.92. The Balaban J connectivity index is 1.70. The number of urea groups is 1. The minimum absolute atomic E-state index is 0.0638. The van der Waals surface area contributed by atoms with Crippen LogP contribution in [0.2, 0.25) is 5.02 Å². The minimum Gasteiger partial charge on any atom is -0.332 e. The predicted molar refractivity (Wildman–Crippen MR) is 159 cm³/mol. The Hall–Kier alpha value is -3.31. The second-order valence-electron chi connectivity index (χ2n) is 10.1. The van der Waals surface area contributed by atoms with Crippen molar-refractivity contribution in [2.75, 3.05) is 10.6 Å². The van der Waals surface area contributed by atoms with Crippen molar-refractivity contribution >= 4 is 34.9 Å². The monoisotopic (exact) mass is 533 g/mol. The number of anilines is 2. The molecule has 0 saturated carbocycles. The molecule has 6 heteroatoms. The van der Waals surface area contributed by atoms with Gasteiger partial charge in [0.25, 0.3) is 0 Å². The molecule has 3 amide bonds. The van der Waals surface area contributed by atoms with Crippen LogP contribution in [0.1, 0.15) is 75.6 Å². The van der Waals surface area contributed by atoms with E-state index in [0.717, 1.165) is 36.0 Å². The minimum atomic E-state index is -0.334. The third kappa shape index (κ3) is 8.91. The third-order valence-corrected chi connectivity index (χ3v) is 7.31. The summed E-state index contributed by atoms with van der Waals surface area (Å²) in [6.07, 6.45) is 4.83. The number of benzene rings is 3. The molecule has 0 fully saturated rings. The van der Waals surface area contributed by atoms with E-state index in [-0.39, 0.29) is 18.0 Å². The molecule has 0 aliphatic carbocycles. The Morgan fingerprint density at radius 2 is 1.68 bits per heavy atom. The molecule has 202 valence electrons. The molecule has 0 saturated heterocycles. The number of nitrogens with zero attached hydrogens (tertiary/aromatic N) is 1. The van der Waals surface area contributed by atoms with E-state index in [1.807, 2.05) is 60.4 Å². The lowest BCUT2D eigenvalue weighted by Crippen LogP contribution is -2.33. The first-order chi connectivity index (χ1) is 18.3. The van der Waals surface area contributed by atoms with Crippen molar-refractivity contribution in [3.63, 3.8) is 0 Å². The van der Waals surface area contributed by atoms with Crippen LogP contribution in [0.15, 0.2) is 72.8 Å². The molecule has 2 N–H and O–H groups in total. The second-order valence-corrected chi connectivity index (χ2v) is 10.5. The summed E-state index contributed by atoms with van der Waals surface area (Å²) < 4.78 is 0. The van der Waals surface area contributed by atoms with Gasteiger partial charge in [0.05, 0.1) is 6.04 Å². The van der Waals surface area contributed by atoms with Crippen molar-refractivity contribution < 1.29 is 9.59 Å². The van der Waals surface area contributed by atoms with Gasteiger partial charge in [0.1, 0.15) is 0 Å². The average Bonchev–Trinajstić information content (AvgIpc) is 2.91. The first-order valence-corrected chi connectivity index (χ1v) is 13.9. The number of aryl methyl sites for hydroxylation is 1. The van der Waals surface area contributed by atoms with Crippen LogP contribution < -0.4 is 10.6 Å². The van der Waals surface area contributed by atoms with Crippen molar-refractivity contribution in [2.45, 2.75) is 72.4 Å². The van der Waals surface area contributed by atoms with Crippen molar-refractivity contribution in [1.29, 1.82) is 0 Å². The summed E-state index contributed by atoms with van der Waals surface area (Å²) in [5.41, 5.74) is 4.31. The maximum Gasteiger partial charge on any atom is 0.323 e. The molecular formula is C32H40ClN3O2. The van der Waals surface area contributed by atoms with Crippen molar-refractivity contribution in [3.05, 3.63) is 94.5 Å². The van der Waals surface area contributed by atoms with Gasteiger partial charge in [-0.2, -0.15) is 0 Å². The first-order valence-electron chi connectivity index (χ1n) is 13.5. The van der Waals surface area contributed by atoms with E-state index in [0.29, 0.717) is 35.3 Å². The molecule has 2 unspecified atom stereocenters. The SMILES string of the molecule is CCC(C)CCCCC(=O)N(Cc1cccc(NC(=O)Nc2ccc(Cl)cc2C)c1)C(C)c1ccccc1. The standard InChI is InChI=1S/C32H40ClN3O2/c1-5-23(2)12-9-10-17-31(37)36(25(4)27-14-7-6-8-15-27)22-26-13-11-16-29(21-26)34-32(38)35-30-19-18-28(33)20-24(30)3/h6-8,11,13-16,18-21,23,25H,5,9-10,12,17,22H2,1-4H3,(H2,34,35,38). The number of hydrogen-bond acceptors (Lipinski definition) is 2. The van der Waals surface area contributed by atoms with E-state index in [4.69, 9.17) is 11.6 Å². The van der Waals surface area contributed by atoms with Gasteiger partial charge in [-0.15, -0.1) is 0 Å². The van der Waals surface area contributed by atoms with Crippen LogP contribution in [0.4, 0.5) is 16.2 Å². The van der Waals surface area contributed by atoms with Gasteiger partial charge in [-0.25, -0.2) is 4.79 Å². The number of amides is 3. The number of nitrogens with one attached hydrogen (secondary N) is 2. The molecule has 0 heterocycles. The Morgan fingerprint density at radius 3 is 2.39 bits per heavy atom. The lowest BCUT2D eigenvalue weighted by molar-refractivity contribution is -0.134. The molecule has 3 aromatic carbocycles. The number of hydrogen-bond donors (Lipinski definition) is 2. The van der Waals surface area contributed by atoms with Crippen molar-refractivity contribution in [1.82, 2.24) is 4.90 Å². The Labute approximate surface area is 232 Å². The molecule has 0 spiro atoms. The molecule has 0 aliphatic rings. The van der Waals surface area contributed by atoms with Gasteiger partial charge in [-0.1, -0.05) is 87.2 Å². The zero-order chi connectivity index (χ0) is 27.5. The molecule has 3 aromatic rings. The smallest absolute Gasteiger partial charge is 0.323 e. The average molecular weight is 534 g/mol. The zero-order valence-corrected chi connectivity index (χ0v) is 23.7. The highest BCUT2D eigenvalue weighted by Gasteiger charge is 2.22. The number of unbranched alkanes of at least 4 members (excludes halogenated alkanes) is 1. The zero-order valence-electron chi connectivity index (χ0n) is 23.0. The van der Waals surface area contributed by atoms with E-state index in [9.17, 15) is 9.59 Å². The maximum atomic E-state index is 13.4. The molecule has 0 aromatic heterocycles. The molecule has 0 radical (unpaired) electrons. The Kier molecular flexibility index (Phi) is 11.2. The largest absolute Gasteiger partial charge is 0.332 e. The fourth-order valence-corrected chi connectivity index (χ4v) is 4.69. The number of rotatable bonds is 12. The fraction of sp³-hybridized carbons (Fsp3) is 0.375. The van der Waals surface area contributed by atoms with E-state index >= 15 is 0 Å². The summed E-state index contributed by atoms with van der Waals surface area (Å²) in [4.78, 5) is 28.0. The van der Waals surface area contributed by atoms with Gasteiger partial charge < -0.3 is 15.5 Å². The highest BCUT2D eigenvalue weighted by Crippen LogP contribution is 2.26.